The van der Waals surface area contributed by atoms with Gasteiger partial charge in [-0.2, -0.15) is 0 Å². The Hall–Kier alpha value is -3.28. The number of carbonyl (C=O) groups excluding carboxylic acids is 2. The molecule has 2 aromatic rings. The molecule has 1 heterocycles. The number of ether oxygens (including phenoxy) is 2. The fourth-order valence-electron chi connectivity index (χ4n) is 4.72. The zero-order chi connectivity index (χ0) is 22.8. The molecule has 1 aliphatic carbocycles. The van der Waals surface area contributed by atoms with Crippen molar-refractivity contribution < 1.29 is 24.2 Å². The van der Waals surface area contributed by atoms with E-state index in [0.29, 0.717) is 17.1 Å². The molecule has 2 fully saturated rings. The molecule has 2 aromatic carbocycles. The number of rotatable bonds is 6. The highest BCUT2D eigenvalue weighted by Gasteiger charge is 2.49. The summed E-state index contributed by atoms with van der Waals surface area (Å²) < 4.78 is 11.1. The molecular formula is C26H29NO5. The molecule has 6 nitrogen and oxygen atoms in total. The maximum Gasteiger partial charge on any atom is 0.295 e. The summed E-state index contributed by atoms with van der Waals surface area (Å²) in [6.45, 7) is 3.91. The van der Waals surface area contributed by atoms with Crippen LogP contribution in [0.2, 0.25) is 0 Å². The lowest BCUT2D eigenvalue weighted by Gasteiger charge is -2.31. The molecule has 0 spiro atoms. The molecule has 1 saturated carbocycles. The minimum atomic E-state index is -0.659. The van der Waals surface area contributed by atoms with Crippen molar-refractivity contribution in [1.29, 1.82) is 0 Å². The summed E-state index contributed by atoms with van der Waals surface area (Å²) in [4.78, 5) is 28.0. The topological polar surface area (TPSA) is 76.1 Å². The van der Waals surface area contributed by atoms with Gasteiger partial charge in [-0.3, -0.25) is 9.59 Å². The van der Waals surface area contributed by atoms with Crippen molar-refractivity contribution in [3.05, 3.63) is 65.2 Å². The average Bonchev–Trinajstić information content (AvgIpc) is 3.40. The molecule has 32 heavy (non-hydrogen) atoms. The van der Waals surface area contributed by atoms with E-state index in [1.807, 2.05) is 38.1 Å². The third kappa shape index (κ3) is 3.97. The van der Waals surface area contributed by atoms with Crippen molar-refractivity contribution in [1.82, 2.24) is 4.90 Å². The van der Waals surface area contributed by atoms with E-state index in [4.69, 9.17) is 9.47 Å². The van der Waals surface area contributed by atoms with Crippen molar-refractivity contribution in [2.24, 2.45) is 0 Å². The van der Waals surface area contributed by atoms with Gasteiger partial charge >= 0.3 is 0 Å². The number of likely N-dealkylation sites (tertiary alicyclic amines) is 1. The third-order valence-corrected chi connectivity index (χ3v) is 6.13. The number of amides is 1. The van der Waals surface area contributed by atoms with Gasteiger partial charge in [-0.25, -0.2) is 0 Å². The zero-order valence-corrected chi connectivity index (χ0v) is 18.7. The van der Waals surface area contributed by atoms with E-state index in [2.05, 4.69) is 0 Å². The Kier molecular flexibility index (Phi) is 6.21. The van der Waals surface area contributed by atoms with Crippen LogP contribution in [0.1, 0.15) is 56.7 Å². The second-order valence-corrected chi connectivity index (χ2v) is 8.58. The molecule has 1 unspecified atom stereocenters. The van der Waals surface area contributed by atoms with Gasteiger partial charge in [-0.1, -0.05) is 37.1 Å². The Bertz CT molecular complexity index is 1030. The molecule has 0 radical (unpaired) electrons. The SMILES string of the molecule is COc1ccccc1/C(O)=C1/C(=O)C(=O)N(C2CCCC2)C1c1ccc(OC(C)C)cc1. The van der Waals surface area contributed by atoms with Crippen LogP contribution in [0.3, 0.4) is 0 Å². The number of ketones is 1. The standard InChI is InChI=1S/C26H29NO5/c1-16(2)32-19-14-12-17(13-15-19)23-22(24(28)20-10-6-7-11-21(20)31-3)25(29)26(30)27(23)18-8-4-5-9-18/h6-7,10-16,18,23,28H,4-5,8-9H2,1-3H3/b24-22-. The minimum absolute atomic E-state index is 0.0222. The summed E-state index contributed by atoms with van der Waals surface area (Å²) in [6.07, 6.45) is 3.79. The number of aliphatic hydroxyl groups is 1. The molecule has 2 aliphatic rings. The van der Waals surface area contributed by atoms with Crippen LogP contribution < -0.4 is 9.47 Å². The number of nitrogens with zero attached hydrogens (tertiary/aromatic N) is 1. The van der Waals surface area contributed by atoms with Gasteiger partial charge in [0.1, 0.15) is 17.3 Å². The first-order valence-electron chi connectivity index (χ1n) is 11.1. The summed E-state index contributed by atoms with van der Waals surface area (Å²) in [7, 11) is 1.51. The highest BCUT2D eigenvalue weighted by molar-refractivity contribution is 6.46. The Morgan fingerprint density at radius 2 is 1.69 bits per heavy atom. The van der Waals surface area contributed by atoms with E-state index in [-0.39, 0.29) is 23.5 Å². The summed E-state index contributed by atoms with van der Waals surface area (Å²) in [5.41, 5.74) is 1.26. The predicted molar refractivity (Wildman–Crippen MR) is 122 cm³/mol. The zero-order valence-electron chi connectivity index (χ0n) is 18.7. The predicted octanol–water partition coefficient (Wildman–Crippen LogP) is 4.85. The fourth-order valence-corrected chi connectivity index (χ4v) is 4.72. The van der Waals surface area contributed by atoms with Crippen LogP contribution in [-0.4, -0.2) is 41.0 Å². The number of benzene rings is 2. The maximum absolute atomic E-state index is 13.2. The normalized spacial score (nSPS) is 20.9. The third-order valence-electron chi connectivity index (χ3n) is 6.13. The minimum Gasteiger partial charge on any atom is -0.507 e. The van der Waals surface area contributed by atoms with Gasteiger partial charge in [0, 0.05) is 6.04 Å². The lowest BCUT2D eigenvalue weighted by atomic mass is 9.94. The summed E-state index contributed by atoms with van der Waals surface area (Å²) in [6, 6.07) is 13.7. The lowest BCUT2D eigenvalue weighted by Crippen LogP contribution is -2.37. The second kappa shape index (κ2) is 9.07. The van der Waals surface area contributed by atoms with Gasteiger partial charge in [-0.05, 0) is 56.5 Å². The van der Waals surface area contributed by atoms with Crippen molar-refractivity contribution in [3.8, 4) is 11.5 Å². The van der Waals surface area contributed by atoms with Crippen molar-refractivity contribution in [3.63, 3.8) is 0 Å². The number of methoxy groups -OCH3 is 1. The molecule has 1 amide bonds. The number of Topliss-reactive ketones (excluding diaryl/α,β-unsaturated/α-hetero) is 1. The van der Waals surface area contributed by atoms with Gasteiger partial charge in [0.15, 0.2) is 0 Å². The maximum atomic E-state index is 13.2. The molecule has 1 saturated heterocycles. The molecule has 1 aliphatic heterocycles. The summed E-state index contributed by atoms with van der Waals surface area (Å²) in [5.74, 6) is -0.273. The molecule has 6 heteroatoms. The quantitative estimate of drug-likeness (QED) is 0.399. The van der Waals surface area contributed by atoms with Crippen LogP contribution in [-0.2, 0) is 9.59 Å². The van der Waals surface area contributed by atoms with Crippen LogP contribution in [0.15, 0.2) is 54.1 Å². The van der Waals surface area contributed by atoms with E-state index in [9.17, 15) is 14.7 Å². The van der Waals surface area contributed by atoms with E-state index < -0.39 is 17.7 Å². The molecule has 0 bridgehead atoms. The lowest BCUT2D eigenvalue weighted by molar-refractivity contribution is -0.141. The first kappa shape index (κ1) is 21.9. The number of hydrogen-bond acceptors (Lipinski definition) is 5. The number of hydrogen-bond donors (Lipinski definition) is 1. The number of carbonyl (C=O) groups is 2. The Morgan fingerprint density at radius 1 is 1.03 bits per heavy atom. The van der Waals surface area contributed by atoms with Crippen molar-refractivity contribution in [2.75, 3.05) is 7.11 Å². The van der Waals surface area contributed by atoms with Crippen LogP contribution in [0, 0.1) is 0 Å². The smallest absolute Gasteiger partial charge is 0.295 e. The molecular weight excluding hydrogens is 406 g/mol. The van der Waals surface area contributed by atoms with E-state index >= 15 is 0 Å². The van der Waals surface area contributed by atoms with Crippen LogP contribution >= 0.6 is 0 Å². The number of para-hydroxylation sites is 1. The monoisotopic (exact) mass is 435 g/mol. The van der Waals surface area contributed by atoms with Crippen LogP contribution in [0.25, 0.3) is 5.76 Å². The summed E-state index contributed by atoms with van der Waals surface area (Å²) in [5, 5.41) is 11.3. The van der Waals surface area contributed by atoms with Crippen molar-refractivity contribution in [2.45, 2.75) is 57.7 Å². The largest absolute Gasteiger partial charge is 0.507 e. The second-order valence-electron chi connectivity index (χ2n) is 8.58. The average molecular weight is 436 g/mol. The Balaban J connectivity index is 1.85. The molecule has 0 aromatic heterocycles. The van der Waals surface area contributed by atoms with Crippen LogP contribution in [0.4, 0.5) is 0 Å². The fraction of sp³-hybridized carbons (Fsp3) is 0.385. The van der Waals surface area contributed by atoms with E-state index in [1.165, 1.54) is 7.11 Å². The van der Waals surface area contributed by atoms with E-state index in [1.54, 1.807) is 29.2 Å². The van der Waals surface area contributed by atoms with Gasteiger partial charge in [0.25, 0.3) is 11.7 Å². The molecule has 168 valence electrons. The molecule has 4 rings (SSSR count). The van der Waals surface area contributed by atoms with E-state index in [0.717, 1.165) is 31.2 Å². The first-order valence-corrected chi connectivity index (χ1v) is 11.1. The van der Waals surface area contributed by atoms with Crippen molar-refractivity contribution >= 4 is 17.4 Å². The highest BCUT2D eigenvalue weighted by atomic mass is 16.5. The Morgan fingerprint density at radius 3 is 2.31 bits per heavy atom. The van der Waals surface area contributed by atoms with Gasteiger partial charge in [-0.15, -0.1) is 0 Å². The van der Waals surface area contributed by atoms with Gasteiger partial charge in [0.05, 0.1) is 30.4 Å². The summed E-state index contributed by atoms with van der Waals surface area (Å²) >= 11 is 0. The van der Waals surface area contributed by atoms with Crippen LogP contribution in [0.5, 0.6) is 11.5 Å². The first-order chi connectivity index (χ1) is 15.4. The molecule has 1 N–H and O–H groups in total. The molecule has 1 atom stereocenters. The highest BCUT2D eigenvalue weighted by Crippen LogP contribution is 2.44. The van der Waals surface area contributed by atoms with Gasteiger partial charge < -0.3 is 19.5 Å². The van der Waals surface area contributed by atoms with Gasteiger partial charge in [0.2, 0.25) is 0 Å². The Labute approximate surface area is 188 Å². The number of aliphatic hydroxyl groups excluding tert-OH is 1.